The third kappa shape index (κ3) is 5.16. The molecule has 0 aliphatic rings. The Kier molecular flexibility index (Phi) is 5.26. The molecule has 112 valence electrons. The van der Waals surface area contributed by atoms with Crippen LogP contribution in [-0.4, -0.2) is 6.54 Å². The Balaban J connectivity index is 3.08. The summed E-state index contributed by atoms with van der Waals surface area (Å²) in [5, 5.41) is 2.68. The molecule has 1 aromatic rings. The molecule has 0 fully saturated rings. The Morgan fingerprint density at radius 3 is 1.80 bits per heavy atom. The van der Waals surface area contributed by atoms with Crippen molar-refractivity contribution in [2.24, 2.45) is 0 Å². The van der Waals surface area contributed by atoms with Gasteiger partial charge in [0, 0.05) is 17.6 Å². The molecule has 0 aromatic heterocycles. The molecule has 1 N–H and O–H groups in total. The minimum absolute atomic E-state index is 0.0964. The van der Waals surface area contributed by atoms with Gasteiger partial charge in [0.25, 0.3) is 0 Å². The fourth-order valence-corrected chi connectivity index (χ4v) is 1.66. The standard InChI is InChI=1S/C12H10BrF6N/c1-7(13)5-20-6-8-2-9(11(14,15)16)4-10(3-8)12(17,18)19/h2-4,20H,1,5-6H2. The maximum absolute atomic E-state index is 12.6. The average Bonchev–Trinajstić information content (AvgIpc) is 2.25. The van der Waals surface area contributed by atoms with Crippen molar-refractivity contribution >= 4 is 15.9 Å². The van der Waals surface area contributed by atoms with Crippen LogP contribution in [0.15, 0.2) is 29.3 Å². The molecule has 20 heavy (non-hydrogen) atoms. The van der Waals surface area contributed by atoms with Crippen molar-refractivity contribution in [1.82, 2.24) is 5.32 Å². The summed E-state index contributed by atoms with van der Waals surface area (Å²) in [4.78, 5) is 0. The van der Waals surface area contributed by atoms with Crippen LogP contribution in [0.1, 0.15) is 16.7 Å². The van der Waals surface area contributed by atoms with Gasteiger partial charge in [0.05, 0.1) is 11.1 Å². The van der Waals surface area contributed by atoms with Crippen LogP contribution >= 0.6 is 15.9 Å². The molecule has 8 heteroatoms. The zero-order valence-corrected chi connectivity index (χ0v) is 11.6. The van der Waals surface area contributed by atoms with Crippen LogP contribution in [0.25, 0.3) is 0 Å². The first-order chi connectivity index (χ1) is 9.00. The first-order valence-electron chi connectivity index (χ1n) is 5.32. The minimum atomic E-state index is -4.82. The summed E-state index contributed by atoms with van der Waals surface area (Å²) in [6.45, 7) is 3.60. The van der Waals surface area contributed by atoms with Gasteiger partial charge in [0.15, 0.2) is 0 Å². The molecule has 0 atom stereocenters. The summed E-state index contributed by atoms with van der Waals surface area (Å²) >= 11 is 3.02. The van der Waals surface area contributed by atoms with Gasteiger partial charge in [-0.25, -0.2) is 0 Å². The monoisotopic (exact) mass is 361 g/mol. The van der Waals surface area contributed by atoms with E-state index < -0.39 is 23.5 Å². The minimum Gasteiger partial charge on any atom is -0.308 e. The third-order valence-electron chi connectivity index (χ3n) is 2.29. The SMILES string of the molecule is C=C(Br)CNCc1cc(C(F)(F)F)cc(C(F)(F)F)c1. The topological polar surface area (TPSA) is 12.0 Å². The van der Waals surface area contributed by atoms with E-state index in [1.165, 1.54) is 0 Å². The third-order valence-corrected chi connectivity index (χ3v) is 2.57. The molecule has 0 spiro atoms. The van der Waals surface area contributed by atoms with E-state index in [2.05, 4.69) is 27.8 Å². The highest BCUT2D eigenvalue weighted by Crippen LogP contribution is 2.36. The Labute approximate surface area is 119 Å². The van der Waals surface area contributed by atoms with Crippen molar-refractivity contribution in [2.75, 3.05) is 6.54 Å². The maximum Gasteiger partial charge on any atom is 0.416 e. The summed E-state index contributed by atoms with van der Waals surface area (Å²) in [5.41, 5.74) is -2.73. The van der Waals surface area contributed by atoms with Crippen molar-refractivity contribution in [2.45, 2.75) is 18.9 Å². The predicted octanol–water partition coefficient (Wildman–Crippen LogP) is 4.72. The normalized spacial score (nSPS) is 12.6. The molecule has 0 unspecified atom stereocenters. The van der Waals surface area contributed by atoms with Crippen LogP contribution in [0.4, 0.5) is 26.3 Å². The lowest BCUT2D eigenvalue weighted by Crippen LogP contribution is -2.17. The quantitative estimate of drug-likeness (QED) is 0.765. The van der Waals surface area contributed by atoms with E-state index >= 15 is 0 Å². The highest BCUT2D eigenvalue weighted by molar-refractivity contribution is 9.11. The number of rotatable bonds is 4. The van der Waals surface area contributed by atoms with Gasteiger partial charge < -0.3 is 5.32 Å². The fourth-order valence-electron chi connectivity index (χ4n) is 1.46. The Bertz CT molecular complexity index is 459. The molecule has 1 nitrogen and oxygen atoms in total. The Hall–Kier alpha value is -1.02. The zero-order valence-electron chi connectivity index (χ0n) is 10.00. The van der Waals surface area contributed by atoms with Gasteiger partial charge in [0.2, 0.25) is 0 Å². The molecule has 0 aliphatic heterocycles. The van der Waals surface area contributed by atoms with Gasteiger partial charge in [-0.05, 0) is 23.8 Å². The molecule has 0 amide bonds. The number of halogens is 7. The number of hydrogen-bond acceptors (Lipinski definition) is 1. The summed E-state index contributed by atoms with van der Waals surface area (Å²) in [6, 6.07) is 1.49. The lowest BCUT2D eigenvalue weighted by molar-refractivity contribution is -0.143. The average molecular weight is 362 g/mol. The number of hydrogen-bond donors (Lipinski definition) is 1. The first-order valence-corrected chi connectivity index (χ1v) is 6.12. The Morgan fingerprint density at radius 2 is 1.45 bits per heavy atom. The highest BCUT2D eigenvalue weighted by Gasteiger charge is 2.36. The van der Waals surface area contributed by atoms with E-state index in [9.17, 15) is 26.3 Å². The van der Waals surface area contributed by atoms with E-state index in [-0.39, 0.29) is 24.7 Å². The van der Waals surface area contributed by atoms with E-state index in [1.54, 1.807) is 0 Å². The molecule has 0 heterocycles. The fraction of sp³-hybridized carbons (Fsp3) is 0.333. The molecular formula is C12H10BrF6N. The van der Waals surface area contributed by atoms with Crippen molar-refractivity contribution in [1.29, 1.82) is 0 Å². The molecule has 0 aliphatic carbocycles. The summed E-state index contributed by atoms with van der Waals surface area (Å²) in [7, 11) is 0. The molecule has 1 aromatic carbocycles. The molecule has 0 bridgehead atoms. The first kappa shape index (κ1) is 17.0. The van der Waals surface area contributed by atoms with E-state index in [4.69, 9.17) is 0 Å². The van der Waals surface area contributed by atoms with Gasteiger partial charge in [0.1, 0.15) is 0 Å². The molecule has 0 radical (unpaired) electrons. The van der Waals surface area contributed by atoms with E-state index in [0.717, 1.165) is 0 Å². The van der Waals surface area contributed by atoms with E-state index in [0.29, 0.717) is 16.6 Å². The molecule has 0 saturated heterocycles. The lowest BCUT2D eigenvalue weighted by Gasteiger charge is -2.14. The van der Waals surface area contributed by atoms with Gasteiger partial charge in [-0.2, -0.15) is 26.3 Å². The van der Waals surface area contributed by atoms with Crippen LogP contribution in [0.2, 0.25) is 0 Å². The summed E-state index contributed by atoms with van der Waals surface area (Å²) in [6.07, 6.45) is -9.65. The van der Waals surface area contributed by atoms with Crippen molar-refractivity contribution in [3.05, 3.63) is 46.0 Å². The summed E-state index contributed by atoms with van der Waals surface area (Å²) < 4.78 is 76.0. The second kappa shape index (κ2) is 6.17. The lowest BCUT2D eigenvalue weighted by atomic mass is 10.0. The molecule has 0 saturated carbocycles. The largest absolute Gasteiger partial charge is 0.416 e. The second-order valence-corrected chi connectivity index (χ2v) is 5.16. The summed E-state index contributed by atoms with van der Waals surface area (Å²) in [5.74, 6) is 0. The van der Waals surface area contributed by atoms with E-state index in [1.807, 2.05) is 0 Å². The molecule has 1 rings (SSSR count). The Morgan fingerprint density at radius 1 is 1.00 bits per heavy atom. The number of nitrogens with one attached hydrogen (secondary N) is 1. The van der Waals surface area contributed by atoms with Crippen LogP contribution in [0.3, 0.4) is 0 Å². The van der Waals surface area contributed by atoms with Crippen LogP contribution < -0.4 is 5.32 Å². The van der Waals surface area contributed by atoms with Crippen molar-refractivity contribution in [3.8, 4) is 0 Å². The van der Waals surface area contributed by atoms with Crippen LogP contribution in [0.5, 0.6) is 0 Å². The smallest absolute Gasteiger partial charge is 0.308 e. The molecular weight excluding hydrogens is 352 g/mol. The number of alkyl halides is 6. The van der Waals surface area contributed by atoms with Gasteiger partial charge in [-0.3, -0.25) is 0 Å². The van der Waals surface area contributed by atoms with Gasteiger partial charge >= 0.3 is 12.4 Å². The predicted molar refractivity (Wildman–Crippen MR) is 66.2 cm³/mol. The highest BCUT2D eigenvalue weighted by atomic mass is 79.9. The number of benzene rings is 1. The van der Waals surface area contributed by atoms with Gasteiger partial charge in [-0.1, -0.05) is 22.5 Å². The second-order valence-electron chi connectivity index (χ2n) is 4.03. The van der Waals surface area contributed by atoms with Crippen LogP contribution in [0, 0.1) is 0 Å². The van der Waals surface area contributed by atoms with Crippen molar-refractivity contribution in [3.63, 3.8) is 0 Å². The van der Waals surface area contributed by atoms with Crippen molar-refractivity contribution < 1.29 is 26.3 Å². The maximum atomic E-state index is 12.6. The van der Waals surface area contributed by atoms with Crippen LogP contribution in [-0.2, 0) is 18.9 Å². The zero-order chi connectivity index (χ0) is 15.6. The van der Waals surface area contributed by atoms with Gasteiger partial charge in [-0.15, -0.1) is 0 Å².